The van der Waals surface area contributed by atoms with Crippen LogP contribution >= 0.6 is 0 Å². The molecular formula is C16H21N5O. The average molecular weight is 299 g/mol. The van der Waals surface area contributed by atoms with Crippen LogP contribution in [0.2, 0.25) is 0 Å². The number of carbonyl (C=O) groups excluding carboxylic acids is 1. The lowest BCUT2D eigenvalue weighted by Gasteiger charge is -2.22. The van der Waals surface area contributed by atoms with Gasteiger partial charge < -0.3 is 10.6 Å². The van der Waals surface area contributed by atoms with E-state index >= 15 is 0 Å². The minimum atomic E-state index is -0.163. The summed E-state index contributed by atoms with van der Waals surface area (Å²) < 4.78 is 1.63. The first-order valence-corrected chi connectivity index (χ1v) is 7.70. The van der Waals surface area contributed by atoms with E-state index in [1.807, 2.05) is 31.2 Å². The molecule has 6 nitrogen and oxygen atoms in total. The molecule has 116 valence electrons. The van der Waals surface area contributed by atoms with Gasteiger partial charge in [-0.15, -0.1) is 5.10 Å². The smallest absolute Gasteiger partial charge is 0.273 e. The molecule has 22 heavy (non-hydrogen) atoms. The van der Waals surface area contributed by atoms with Gasteiger partial charge in [-0.05, 0) is 56.5 Å². The summed E-state index contributed by atoms with van der Waals surface area (Å²) in [6, 6.07) is 7.93. The lowest BCUT2D eigenvalue weighted by Crippen LogP contribution is -2.38. The predicted octanol–water partition coefficient (Wildman–Crippen LogP) is 1.31. The summed E-state index contributed by atoms with van der Waals surface area (Å²) in [7, 11) is 0. The molecule has 1 aromatic heterocycles. The van der Waals surface area contributed by atoms with Crippen molar-refractivity contribution in [2.75, 3.05) is 19.6 Å². The molecule has 1 fully saturated rings. The van der Waals surface area contributed by atoms with Crippen molar-refractivity contribution < 1.29 is 4.79 Å². The summed E-state index contributed by atoms with van der Waals surface area (Å²) in [4.78, 5) is 12.2. The number of aromatic nitrogens is 3. The van der Waals surface area contributed by atoms with Crippen molar-refractivity contribution in [2.24, 2.45) is 5.92 Å². The second-order valence-electron chi connectivity index (χ2n) is 5.81. The first-order chi connectivity index (χ1) is 10.7. The maximum atomic E-state index is 12.2. The molecule has 0 aliphatic carbocycles. The Morgan fingerprint density at radius 1 is 1.50 bits per heavy atom. The van der Waals surface area contributed by atoms with Crippen LogP contribution in [-0.2, 0) is 0 Å². The van der Waals surface area contributed by atoms with Crippen LogP contribution in [0.25, 0.3) is 5.69 Å². The van der Waals surface area contributed by atoms with Gasteiger partial charge in [0.15, 0.2) is 5.69 Å². The maximum absolute atomic E-state index is 12.2. The zero-order valence-electron chi connectivity index (χ0n) is 12.7. The molecule has 2 heterocycles. The van der Waals surface area contributed by atoms with Gasteiger partial charge >= 0.3 is 0 Å². The Morgan fingerprint density at radius 3 is 3.18 bits per heavy atom. The minimum Gasteiger partial charge on any atom is -0.350 e. The third-order valence-electron chi connectivity index (χ3n) is 3.94. The van der Waals surface area contributed by atoms with Crippen LogP contribution in [0.5, 0.6) is 0 Å². The zero-order valence-corrected chi connectivity index (χ0v) is 12.7. The molecule has 0 saturated carbocycles. The van der Waals surface area contributed by atoms with Gasteiger partial charge in [0.05, 0.1) is 11.9 Å². The Balaban J connectivity index is 1.61. The van der Waals surface area contributed by atoms with E-state index in [1.165, 1.54) is 6.42 Å². The molecule has 1 saturated heterocycles. The van der Waals surface area contributed by atoms with Crippen LogP contribution in [0, 0.1) is 12.8 Å². The summed E-state index contributed by atoms with van der Waals surface area (Å²) in [5, 5.41) is 14.3. The van der Waals surface area contributed by atoms with Crippen molar-refractivity contribution >= 4 is 5.91 Å². The third kappa shape index (κ3) is 3.51. The molecule has 6 heteroatoms. The van der Waals surface area contributed by atoms with E-state index in [0.29, 0.717) is 18.2 Å². The zero-order chi connectivity index (χ0) is 15.4. The van der Waals surface area contributed by atoms with Gasteiger partial charge in [0.2, 0.25) is 0 Å². The highest BCUT2D eigenvalue weighted by Gasteiger charge is 2.16. The fourth-order valence-electron chi connectivity index (χ4n) is 2.69. The van der Waals surface area contributed by atoms with E-state index in [4.69, 9.17) is 0 Å². The molecule has 2 aromatic rings. The highest BCUT2D eigenvalue weighted by atomic mass is 16.2. The summed E-state index contributed by atoms with van der Waals surface area (Å²) >= 11 is 0. The van der Waals surface area contributed by atoms with Gasteiger partial charge in [-0.25, -0.2) is 4.68 Å². The van der Waals surface area contributed by atoms with E-state index in [-0.39, 0.29) is 5.91 Å². The molecule has 1 aromatic carbocycles. The van der Waals surface area contributed by atoms with Crippen LogP contribution in [0.3, 0.4) is 0 Å². The van der Waals surface area contributed by atoms with Crippen molar-refractivity contribution in [3.63, 3.8) is 0 Å². The summed E-state index contributed by atoms with van der Waals surface area (Å²) in [5.41, 5.74) is 2.40. The first-order valence-electron chi connectivity index (χ1n) is 7.70. The number of aryl methyl sites for hydroxylation is 1. The number of carbonyl (C=O) groups is 1. The predicted molar refractivity (Wildman–Crippen MR) is 84.0 cm³/mol. The fourth-order valence-corrected chi connectivity index (χ4v) is 2.69. The standard InChI is InChI=1S/C16H21N5O/c1-12-4-2-6-14(8-12)21-11-15(19-20-21)16(22)18-10-13-5-3-7-17-9-13/h2,4,6,8,11,13,17H,3,5,7,9-10H2,1H3,(H,18,22). The van der Waals surface area contributed by atoms with Crippen LogP contribution in [0.15, 0.2) is 30.5 Å². The van der Waals surface area contributed by atoms with Crippen LogP contribution in [-0.4, -0.2) is 40.5 Å². The number of hydrogen-bond donors (Lipinski definition) is 2. The Morgan fingerprint density at radius 2 is 2.41 bits per heavy atom. The highest BCUT2D eigenvalue weighted by Crippen LogP contribution is 2.10. The Bertz CT molecular complexity index is 645. The third-order valence-corrected chi connectivity index (χ3v) is 3.94. The highest BCUT2D eigenvalue weighted by molar-refractivity contribution is 5.91. The SMILES string of the molecule is Cc1cccc(-n2cc(C(=O)NCC3CCCNC3)nn2)c1. The van der Waals surface area contributed by atoms with Crippen molar-refractivity contribution in [3.05, 3.63) is 41.7 Å². The lowest BCUT2D eigenvalue weighted by molar-refractivity contribution is 0.0939. The summed E-state index contributed by atoms with van der Waals surface area (Å²) in [6.07, 6.45) is 4.00. The lowest BCUT2D eigenvalue weighted by atomic mass is 10.00. The van der Waals surface area contributed by atoms with Gasteiger partial charge in [-0.1, -0.05) is 17.3 Å². The molecule has 1 aliphatic rings. The molecule has 1 aliphatic heterocycles. The molecule has 3 rings (SSSR count). The Kier molecular flexibility index (Phi) is 4.48. The van der Waals surface area contributed by atoms with Crippen LogP contribution in [0.4, 0.5) is 0 Å². The summed E-state index contributed by atoms with van der Waals surface area (Å²) in [6.45, 7) is 4.75. The normalized spacial score (nSPS) is 18.1. The second kappa shape index (κ2) is 6.70. The number of amides is 1. The minimum absolute atomic E-state index is 0.163. The number of rotatable bonds is 4. The summed E-state index contributed by atoms with van der Waals surface area (Å²) in [5.74, 6) is 0.342. The number of benzene rings is 1. The van der Waals surface area contributed by atoms with Gasteiger partial charge in [-0.3, -0.25) is 4.79 Å². The quantitative estimate of drug-likeness (QED) is 0.893. The van der Waals surface area contributed by atoms with E-state index in [1.54, 1.807) is 10.9 Å². The van der Waals surface area contributed by atoms with E-state index in [9.17, 15) is 4.79 Å². The van der Waals surface area contributed by atoms with Gasteiger partial charge in [0.25, 0.3) is 5.91 Å². The van der Waals surface area contributed by atoms with E-state index < -0.39 is 0 Å². The van der Waals surface area contributed by atoms with Crippen LogP contribution in [0.1, 0.15) is 28.9 Å². The maximum Gasteiger partial charge on any atom is 0.273 e. The molecule has 0 bridgehead atoms. The second-order valence-corrected chi connectivity index (χ2v) is 5.81. The Labute approximate surface area is 129 Å². The van der Waals surface area contributed by atoms with Gasteiger partial charge in [0.1, 0.15) is 0 Å². The van der Waals surface area contributed by atoms with Crippen molar-refractivity contribution in [1.29, 1.82) is 0 Å². The fraction of sp³-hybridized carbons (Fsp3) is 0.438. The number of hydrogen-bond acceptors (Lipinski definition) is 4. The van der Waals surface area contributed by atoms with Gasteiger partial charge in [-0.2, -0.15) is 0 Å². The van der Waals surface area contributed by atoms with Crippen molar-refractivity contribution in [2.45, 2.75) is 19.8 Å². The largest absolute Gasteiger partial charge is 0.350 e. The monoisotopic (exact) mass is 299 g/mol. The molecule has 1 amide bonds. The molecule has 0 spiro atoms. The van der Waals surface area contributed by atoms with E-state index in [2.05, 4.69) is 20.9 Å². The number of nitrogens with one attached hydrogen (secondary N) is 2. The van der Waals surface area contributed by atoms with Crippen molar-refractivity contribution in [1.82, 2.24) is 25.6 Å². The van der Waals surface area contributed by atoms with E-state index in [0.717, 1.165) is 30.8 Å². The first kappa shape index (κ1) is 14.7. The topological polar surface area (TPSA) is 71.8 Å². The van der Waals surface area contributed by atoms with Crippen molar-refractivity contribution in [3.8, 4) is 5.69 Å². The molecule has 0 radical (unpaired) electrons. The average Bonchev–Trinajstić information content (AvgIpc) is 3.04. The Hall–Kier alpha value is -2.21. The van der Waals surface area contributed by atoms with Crippen LogP contribution < -0.4 is 10.6 Å². The number of nitrogens with zero attached hydrogens (tertiary/aromatic N) is 3. The van der Waals surface area contributed by atoms with Gasteiger partial charge in [0, 0.05) is 6.54 Å². The molecule has 1 unspecified atom stereocenters. The molecule has 1 atom stereocenters. The molecular weight excluding hydrogens is 278 g/mol. The number of piperidine rings is 1. The molecule has 2 N–H and O–H groups in total.